The van der Waals surface area contributed by atoms with Gasteiger partial charge in [-0.2, -0.15) is 0 Å². The molecule has 3 rings (SSSR count). The Balaban J connectivity index is 1.85. The highest BCUT2D eigenvalue weighted by molar-refractivity contribution is 7.99. The van der Waals surface area contributed by atoms with Crippen LogP contribution >= 0.6 is 11.8 Å². The zero-order valence-electron chi connectivity index (χ0n) is 11.4. The highest BCUT2D eigenvalue weighted by atomic mass is 32.2. The van der Waals surface area contributed by atoms with Gasteiger partial charge in [0.05, 0.1) is 0 Å². The Bertz CT molecular complexity index is 736. The van der Waals surface area contributed by atoms with Gasteiger partial charge in [0.2, 0.25) is 0 Å². The van der Waals surface area contributed by atoms with Gasteiger partial charge < -0.3 is 5.73 Å². The van der Waals surface area contributed by atoms with Crippen LogP contribution in [-0.2, 0) is 0 Å². The van der Waals surface area contributed by atoms with Crippen LogP contribution in [0, 0.1) is 0 Å². The average Bonchev–Trinajstić information content (AvgIpc) is 2.47. The Hall–Kier alpha value is -1.93. The minimum atomic E-state index is 0.389. The molecule has 3 aromatic rings. The highest BCUT2D eigenvalue weighted by Crippen LogP contribution is 2.36. The smallest absolute Gasteiger partial charge is 0.0317 e. The summed E-state index contributed by atoms with van der Waals surface area (Å²) in [6, 6.07) is 23.2. The molecule has 1 unspecified atom stereocenters. The molecule has 0 aliphatic rings. The topological polar surface area (TPSA) is 26.0 Å². The Kier molecular flexibility index (Phi) is 3.66. The number of fused-ring (bicyclic) bond motifs is 1. The quantitative estimate of drug-likeness (QED) is 0.521. The first kappa shape index (κ1) is 13.1. The van der Waals surface area contributed by atoms with Crippen molar-refractivity contribution in [3.05, 3.63) is 72.3 Å². The molecule has 1 atom stereocenters. The summed E-state index contributed by atoms with van der Waals surface area (Å²) in [5.74, 6) is 0. The summed E-state index contributed by atoms with van der Waals surface area (Å²) in [7, 11) is 0. The van der Waals surface area contributed by atoms with E-state index in [1.54, 1.807) is 0 Å². The van der Waals surface area contributed by atoms with Crippen LogP contribution in [0.2, 0.25) is 0 Å². The van der Waals surface area contributed by atoms with Crippen LogP contribution < -0.4 is 5.73 Å². The van der Waals surface area contributed by atoms with E-state index in [-0.39, 0.29) is 0 Å². The number of rotatable bonds is 3. The largest absolute Gasteiger partial charge is 0.399 e. The van der Waals surface area contributed by atoms with Crippen molar-refractivity contribution in [3.8, 4) is 0 Å². The first-order chi connectivity index (χ1) is 9.72. The zero-order valence-corrected chi connectivity index (χ0v) is 12.2. The van der Waals surface area contributed by atoms with Crippen LogP contribution in [0.4, 0.5) is 5.69 Å². The zero-order chi connectivity index (χ0) is 13.9. The lowest BCUT2D eigenvalue weighted by molar-refractivity contribution is 1.10. The lowest BCUT2D eigenvalue weighted by atomic mass is 10.1. The second kappa shape index (κ2) is 5.59. The molecule has 0 fully saturated rings. The summed E-state index contributed by atoms with van der Waals surface area (Å²) in [6.45, 7) is 2.22. The van der Waals surface area contributed by atoms with Gasteiger partial charge in [-0.3, -0.25) is 0 Å². The number of nitrogen functional groups attached to an aromatic ring is 1. The molecule has 0 spiro atoms. The van der Waals surface area contributed by atoms with Crippen molar-refractivity contribution in [2.24, 2.45) is 0 Å². The van der Waals surface area contributed by atoms with E-state index < -0.39 is 0 Å². The number of anilines is 1. The Morgan fingerprint density at radius 3 is 2.45 bits per heavy atom. The first-order valence-electron chi connectivity index (χ1n) is 6.73. The number of hydrogen-bond donors (Lipinski definition) is 1. The molecular formula is C18H17NS. The summed E-state index contributed by atoms with van der Waals surface area (Å²) in [5.41, 5.74) is 7.95. The standard InChI is InChI=1S/C18H17NS/c1-13(15-7-4-8-17(19)11-15)20-18-10-9-14-5-2-3-6-16(14)12-18/h2-13H,19H2,1H3. The van der Waals surface area contributed by atoms with Crippen LogP contribution in [0.25, 0.3) is 10.8 Å². The second-order valence-electron chi connectivity index (χ2n) is 4.94. The maximum absolute atomic E-state index is 5.85. The van der Waals surface area contributed by atoms with Crippen molar-refractivity contribution in [2.75, 3.05) is 5.73 Å². The molecule has 0 amide bonds. The van der Waals surface area contributed by atoms with Crippen LogP contribution in [0.1, 0.15) is 17.7 Å². The van der Waals surface area contributed by atoms with Crippen LogP contribution in [0.3, 0.4) is 0 Å². The van der Waals surface area contributed by atoms with E-state index in [0.29, 0.717) is 5.25 Å². The third-order valence-electron chi connectivity index (χ3n) is 3.41. The van der Waals surface area contributed by atoms with Crippen molar-refractivity contribution < 1.29 is 0 Å². The maximum Gasteiger partial charge on any atom is 0.0317 e. The Labute approximate surface area is 123 Å². The SMILES string of the molecule is CC(Sc1ccc2ccccc2c1)c1cccc(N)c1. The number of benzene rings is 3. The van der Waals surface area contributed by atoms with E-state index in [4.69, 9.17) is 5.73 Å². The molecule has 0 saturated carbocycles. The van der Waals surface area contributed by atoms with Crippen LogP contribution in [-0.4, -0.2) is 0 Å². The highest BCUT2D eigenvalue weighted by Gasteiger charge is 2.08. The normalized spacial score (nSPS) is 12.4. The molecule has 0 saturated heterocycles. The maximum atomic E-state index is 5.85. The number of nitrogens with two attached hydrogens (primary N) is 1. The number of thioether (sulfide) groups is 1. The third-order valence-corrected chi connectivity index (χ3v) is 4.57. The van der Waals surface area contributed by atoms with Crippen LogP contribution in [0.15, 0.2) is 71.6 Å². The van der Waals surface area contributed by atoms with Gasteiger partial charge in [0.25, 0.3) is 0 Å². The van der Waals surface area contributed by atoms with Crippen molar-refractivity contribution >= 4 is 28.2 Å². The number of hydrogen-bond acceptors (Lipinski definition) is 2. The lowest BCUT2D eigenvalue weighted by Crippen LogP contribution is -1.91. The van der Waals surface area contributed by atoms with Gasteiger partial charge >= 0.3 is 0 Å². The van der Waals surface area contributed by atoms with Crippen molar-refractivity contribution in [1.82, 2.24) is 0 Å². The molecule has 20 heavy (non-hydrogen) atoms. The fraction of sp³-hybridized carbons (Fsp3) is 0.111. The first-order valence-corrected chi connectivity index (χ1v) is 7.61. The molecule has 0 aromatic heterocycles. The minimum absolute atomic E-state index is 0.389. The van der Waals surface area contributed by atoms with E-state index in [9.17, 15) is 0 Å². The van der Waals surface area contributed by atoms with Gasteiger partial charge in [0.15, 0.2) is 0 Å². The summed E-state index contributed by atoms with van der Waals surface area (Å²) >= 11 is 1.86. The Morgan fingerprint density at radius 2 is 1.65 bits per heavy atom. The van der Waals surface area contributed by atoms with Crippen molar-refractivity contribution in [1.29, 1.82) is 0 Å². The summed E-state index contributed by atoms with van der Waals surface area (Å²) < 4.78 is 0. The van der Waals surface area contributed by atoms with Gasteiger partial charge in [-0.15, -0.1) is 11.8 Å². The fourth-order valence-corrected chi connectivity index (χ4v) is 3.36. The minimum Gasteiger partial charge on any atom is -0.399 e. The van der Waals surface area contributed by atoms with Crippen molar-refractivity contribution in [2.45, 2.75) is 17.1 Å². The second-order valence-corrected chi connectivity index (χ2v) is 6.35. The molecule has 3 aromatic carbocycles. The van der Waals surface area contributed by atoms with E-state index in [1.165, 1.54) is 21.2 Å². The molecule has 0 radical (unpaired) electrons. The molecule has 100 valence electrons. The fourth-order valence-electron chi connectivity index (χ4n) is 2.32. The van der Waals surface area contributed by atoms with Crippen molar-refractivity contribution in [3.63, 3.8) is 0 Å². The molecular weight excluding hydrogens is 262 g/mol. The monoisotopic (exact) mass is 279 g/mol. The Morgan fingerprint density at radius 1 is 0.850 bits per heavy atom. The molecule has 2 N–H and O–H groups in total. The van der Waals surface area contributed by atoms with E-state index in [2.05, 4.69) is 61.5 Å². The molecule has 0 aliphatic carbocycles. The molecule has 2 heteroatoms. The summed E-state index contributed by atoms with van der Waals surface area (Å²) in [6.07, 6.45) is 0. The van der Waals surface area contributed by atoms with Gasteiger partial charge in [-0.25, -0.2) is 0 Å². The van der Waals surface area contributed by atoms with Gasteiger partial charge in [-0.1, -0.05) is 42.5 Å². The lowest BCUT2D eigenvalue weighted by Gasteiger charge is -2.12. The van der Waals surface area contributed by atoms with E-state index in [1.807, 2.05) is 23.9 Å². The average molecular weight is 279 g/mol. The van der Waals surface area contributed by atoms with Gasteiger partial charge in [-0.05, 0) is 47.5 Å². The third kappa shape index (κ3) is 2.81. The van der Waals surface area contributed by atoms with Gasteiger partial charge in [0.1, 0.15) is 0 Å². The van der Waals surface area contributed by atoms with Crippen LogP contribution in [0.5, 0.6) is 0 Å². The van der Waals surface area contributed by atoms with Gasteiger partial charge in [0, 0.05) is 15.8 Å². The predicted molar refractivity (Wildman–Crippen MR) is 89.1 cm³/mol. The predicted octanol–water partition coefficient (Wildman–Crippen LogP) is 5.28. The summed E-state index contributed by atoms with van der Waals surface area (Å²) in [4.78, 5) is 1.29. The van der Waals surface area contributed by atoms with E-state index >= 15 is 0 Å². The molecule has 0 heterocycles. The molecule has 0 aliphatic heterocycles. The molecule has 1 nitrogen and oxygen atoms in total. The molecule has 0 bridgehead atoms. The summed E-state index contributed by atoms with van der Waals surface area (Å²) in [5, 5.41) is 2.96. The van der Waals surface area contributed by atoms with E-state index in [0.717, 1.165) is 5.69 Å².